The van der Waals surface area contributed by atoms with Crippen molar-refractivity contribution in [3.8, 4) is 0 Å². The molecule has 0 unspecified atom stereocenters. The summed E-state index contributed by atoms with van der Waals surface area (Å²) in [5.74, 6) is 0. The molecular formula is C9H13N. The number of nitrogens with two attached hydrogens (primary N) is 1. The maximum absolute atomic E-state index is 5.51. The van der Waals surface area contributed by atoms with Gasteiger partial charge in [-0.25, -0.2) is 0 Å². The third kappa shape index (κ3) is 4.91. The first-order chi connectivity index (χ1) is 4.81. The van der Waals surface area contributed by atoms with Gasteiger partial charge in [-0.3, -0.25) is 0 Å². The molecule has 0 fully saturated rings. The van der Waals surface area contributed by atoms with E-state index in [0.717, 1.165) is 5.70 Å². The van der Waals surface area contributed by atoms with Crippen LogP contribution in [0.1, 0.15) is 6.92 Å². The highest BCUT2D eigenvalue weighted by molar-refractivity contribution is 5.21. The van der Waals surface area contributed by atoms with Crippen LogP contribution in [0, 0.1) is 0 Å². The third-order valence-electron chi connectivity index (χ3n) is 0.895. The molecule has 0 radical (unpaired) electrons. The summed E-state index contributed by atoms with van der Waals surface area (Å²) in [6.45, 7) is 5.46. The molecule has 1 heteroatoms. The van der Waals surface area contributed by atoms with Crippen LogP contribution < -0.4 is 5.73 Å². The topological polar surface area (TPSA) is 26.0 Å². The number of hydrogen-bond donors (Lipinski definition) is 1. The van der Waals surface area contributed by atoms with Gasteiger partial charge in [0.1, 0.15) is 0 Å². The third-order valence-corrected chi connectivity index (χ3v) is 0.895. The van der Waals surface area contributed by atoms with E-state index in [4.69, 9.17) is 5.73 Å². The van der Waals surface area contributed by atoms with Crippen LogP contribution in [-0.4, -0.2) is 0 Å². The van der Waals surface area contributed by atoms with E-state index < -0.39 is 0 Å². The summed E-state index contributed by atoms with van der Waals surface area (Å²) in [4.78, 5) is 0. The molecule has 0 spiro atoms. The second kappa shape index (κ2) is 5.89. The zero-order chi connectivity index (χ0) is 7.82. The fraction of sp³-hybridized carbons (Fsp3) is 0.111. The van der Waals surface area contributed by atoms with Crippen molar-refractivity contribution in [3.05, 3.63) is 48.7 Å². The van der Waals surface area contributed by atoms with Crippen LogP contribution in [-0.2, 0) is 0 Å². The molecule has 0 heterocycles. The Morgan fingerprint density at radius 1 is 1.40 bits per heavy atom. The molecule has 0 amide bonds. The van der Waals surface area contributed by atoms with Gasteiger partial charge >= 0.3 is 0 Å². The monoisotopic (exact) mass is 135 g/mol. The molecular weight excluding hydrogens is 122 g/mol. The molecule has 0 aromatic heterocycles. The summed E-state index contributed by atoms with van der Waals surface area (Å²) in [6, 6.07) is 0. The summed E-state index contributed by atoms with van der Waals surface area (Å²) < 4.78 is 0. The molecule has 0 aliphatic heterocycles. The Balaban J connectivity index is 3.90. The molecule has 2 N–H and O–H groups in total. The maximum Gasteiger partial charge on any atom is 0.0310 e. The standard InChI is InChI=1S/C9H13N/c1-3-5-6-8-9(10)7-4-2/h3-8H,1,10H2,2H3/b6-5-,7-4-,9-8+. The van der Waals surface area contributed by atoms with Gasteiger partial charge in [0.2, 0.25) is 0 Å². The normalized spacial score (nSPS) is 13.1. The molecule has 0 rings (SSSR count). The average molecular weight is 135 g/mol. The predicted octanol–water partition coefficient (Wildman–Crippen LogP) is 2.15. The van der Waals surface area contributed by atoms with Crippen LogP contribution in [0.5, 0.6) is 0 Å². The Hall–Kier alpha value is -1.24. The molecule has 0 saturated carbocycles. The molecule has 0 bridgehead atoms. The van der Waals surface area contributed by atoms with Gasteiger partial charge in [-0.05, 0) is 19.1 Å². The molecule has 1 nitrogen and oxygen atoms in total. The summed E-state index contributed by atoms with van der Waals surface area (Å²) in [5, 5.41) is 0. The SMILES string of the molecule is C=C\C=C/C=C(N)\C=C/C. The van der Waals surface area contributed by atoms with Crippen LogP contribution >= 0.6 is 0 Å². The van der Waals surface area contributed by atoms with Crippen LogP contribution in [0.15, 0.2) is 48.7 Å². The van der Waals surface area contributed by atoms with E-state index in [1.807, 2.05) is 37.3 Å². The lowest BCUT2D eigenvalue weighted by molar-refractivity contribution is 1.41. The number of allylic oxidation sites excluding steroid dienone is 6. The Bertz CT molecular complexity index is 173. The average Bonchev–Trinajstić information content (AvgIpc) is 1.89. The van der Waals surface area contributed by atoms with Crippen LogP contribution in [0.25, 0.3) is 0 Å². The van der Waals surface area contributed by atoms with Crippen LogP contribution in [0.2, 0.25) is 0 Å². The minimum absolute atomic E-state index is 0.751. The summed E-state index contributed by atoms with van der Waals surface area (Å²) in [5.41, 5.74) is 6.26. The van der Waals surface area contributed by atoms with E-state index in [1.54, 1.807) is 6.08 Å². The fourth-order valence-electron chi connectivity index (χ4n) is 0.493. The summed E-state index contributed by atoms with van der Waals surface area (Å²) in [7, 11) is 0. The van der Waals surface area contributed by atoms with E-state index in [1.165, 1.54) is 0 Å². The van der Waals surface area contributed by atoms with Crippen molar-refractivity contribution < 1.29 is 0 Å². The zero-order valence-electron chi connectivity index (χ0n) is 6.25. The molecule has 0 aliphatic rings. The molecule has 0 aromatic carbocycles. The van der Waals surface area contributed by atoms with Gasteiger partial charge in [0.05, 0.1) is 0 Å². The lowest BCUT2D eigenvalue weighted by Gasteiger charge is -1.85. The quantitative estimate of drug-likeness (QED) is 0.589. The summed E-state index contributed by atoms with van der Waals surface area (Å²) in [6.07, 6.45) is 10.9. The van der Waals surface area contributed by atoms with E-state index in [9.17, 15) is 0 Å². The van der Waals surface area contributed by atoms with Gasteiger partial charge in [0.15, 0.2) is 0 Å². The highest BCUT2D eigenvalue weighted by Crippen LogP contribution is 1.87. The molecule has 54 valence electrons. The van der Waals surface area contributed by atoms with Crippen molar-refractivity contribution in [2.75, 3.05) is 0 Å². The van der Waals surface area contributed by atoms with Crippen molar-refractivity contribution in [2.24, 2.45) is 5.73 Å². The minimum atomic E-state index is 0.751. The molecule has 0 atom stereocenters. The van der Waals surface area contributed by atoms with Crippen molar-refractivity contribution in [1.29, 1.82) is 0 Å². The van der Waals surface area contributed by atoms with Gasteiger partial charge in [-0.2, -0.15) is 0 Å². The zero-order valence-corrected chi connectivity index (χ0v) is 6.25. The Morgan fingerprint density at radius 2 is 2.10 bits per heavy atom. The minimum Gasteiger partial charge on any atom is -0.399 e. The van der Waals surface area contributed by atoms with Crippen molar-refractivity contribution in [3.63, 3.8) is 0 Å². The van der Waals surface area contributed by atoms with Crippen molar-refractivity contribution >= 4 is 0 Å². The van der Waals surface area contributed by atoms with Crippen LogP contribution in [0.3, 0.4) is 0 Å². The Kier molecular flexibility index (Phi) is 5.16. The fourth-order valence-corrected chi connectivity index (χ4v) is 0.493. The van der Waals surface area contributed by atoms with Crippen molar-refractivity contribution in [2.45, 2.75) is 6.92 Å². The van der Waals surface area contributed by atoms with Gasteiger partial charge in [-0.15, -0.1) is 0 Å². The second-order valence-electron chi connectivity index (χ2n) is 1.79. The van der Waals surface area contributed by atoms with Gasteiger partial charge in [-0.1, -0.05) is 30.9 Å². The van der Waals surface area contributed by atoms with Crippen LogP contribution in [0.4, 0.5) is 0 Å². The first-order valence-corrected chi connectivity index (χ1v) is 3.18. The summed E-state index contributed by atoms with van der Waals surface area (Å²) >= 11 is 0. The number of hydrogen-bond acceptors (Lipinski definition) is 1. The Morgan fingerprint density at radius 3 is 2.60 bits per heavy atom. The first-order valence-electron chi connectivity index (χ1n) is 3.18. The predicted molar refractivity (Wildman–Crippen MR) is 46.4 cm³/mol. The largest absolute Gasteiger partial charge is 0.399 e. The van der Waals surface area contributed by atoms with E-state index >= 15 is 0 Å². The molecule has 10 heavy (non-hydrogen) atoms. The van der Waals surface area contributed by atoms with E-state index in [0.29, 0.717) is 0 Å². The maximum atomic E-state index is 5.51. The van der Waals surface area contributed by atoms with Gasteiger partial charge < -0.3 is 5.73 Å². The lowest BCUT2D eigenvalue weighted by Crippen LogP contribution is -1.90. The molecule has 0 aromatic rings. The first kappa shape index (κ1) is 8.76. The molecule has 0 saturated heterocycles. The Labute approximate surface area is 62.2 Å². The second-order valence-corrected chi connectivity index (χ2v) is 1.79. The highest BCUT2D eigenvalue weighted by atomic mass is 14.5. The van der Waals surface area contributed by atoms with Gasteiger partial charge in [0, 0.05) is 5.70 Å². The van der Waals surface area contributed by atoms with Gasteiger partial charge in [0.25, 0.3) is 0 Å². The van der Waals surface area contributed by atoms with Crippen molar-refractivity contribution in [1.82, 2.24) is 0 Å². The lowest BCUT2D eigenvalue weighted by atomic mass is 10.3. The highest BCUT2D eigenvalue weighted by Gasteiger charge is 1.73. The number of rotatable bonds is 3. The smallest absolute Gasteiger partial charge is 0.0310 e. The van der Waals surface area contributed by atoms with E-state index in [-0.39, 0.29) is 0 Å². The molecule has 0 aliphatic carbocycles. The van der Waals surface area contributed by atoms with E-state index in [2.05, 4.69) is 6.58 Å².